The Morgan fingerprint density at radius 1 is 0.929 bits per heavy atom. The van der Waals surface area contributed by atoms with Crippen LogP contribution in [0.4, 0.5) is 5.69 Å². The maximum absolute atomic E-state index is 12.4. The van der Waals surface area contributed by atoms with Crippen LogP contribution in [0.15, 0.2) is 83.7 Å². The number of nitrogens with one attached hydrogen (secondary N) is 1. The van der Waals surface area contributed by atoms with Crippen LogP contribution in [0.3, 0.4) is 0 Å². The summed E-state index contributed by atoms with van der Waals surface area (Å²) in [5, 5.41) is 9.65. The zero-order valence-electron chi connectivity index (χ0n) is 14.8. The van der Waals surface area contributed by atoms with E-state index in [1.807, 2.05) is 42.5 Å². The van der Waals surface area contributed by atoms with Crippen LogP contribution in [0.1, 0.15) is 0 Å². The lowest BCUT2D eigenvalue weighted by atomic mass is 10.0. The monoisotopic (exact) mass is 389 g/mol. The molecule has 0 fully saturated rings. The van der Waals surface area contributed by atoms with Gasteiger partial charge >= 0.3 is 0 Å². The molecule has 0 radical (unpaired) electrons. The second-order valence-electron chi connectivity index (χ2n) is 6.27. The van der Waals surface area contributed by atoms with E-state index in [4.69, 9.17) is 11.6 Å². The van der Waals surface area contributed by atoms with Gasteiger partial charge < -0.3 is 5.32 Å². The van der Waals surface area contributed by atoms with Crippen molar-refractivity contribution in [1.29, 1.82) is 0 Å². The van der Waals surface area contributed by atoms with Gasteiger partial charge in [-0.3, -0.25) is 9.59 Å². The Labute approximate surface area is 166 Å². The van der Waals surface area contributed by atoms with Gasteiger partial charge in [-0.25, -0.2) is 4.68 Å². The van der Waals surface area contributed by atoms with Crippen LogP contribution in [0, 0.1) is 0 Å². The Morgan fingerprint density at radius 2 is 1.68 bits per heavy atom. The Kier molecular flexibility index (Phi) is 4.91. The molecule has 0 aliphatic carbocycles. The van der Waals surface area contributed by atoms with E-state index in [0.717, 1.165) is 21.0 Å². The second kappa shape index (κ2) is 7.66. The normalized spacial score (nSPS) is 10.8. The van der Waals surface area contributed by atoms with Crippen LogP contribution in [0.2, 0.25) is 5.02 Å². The Morgan fingerprint density at radius 3 is 2.54 bits per heavy atom. The molecule has 0 spiro atoms. The molecule has 1 amide bonds. The minimum atomic E-state index is -0.377. The average Bonchev–Trinajstić information content (AvgIpc) is 2.71. The summed E-state index contributed by atoms with van der Waals surface area (Å²) in [5.74, 6) is -0.377. The molecule has 0 bridgehead atoms. The van der Waals surface area contributed by atoms with E-state index in [1.54, 1.807) is 30.3 Å². The number of para-hydroxylation sites is 1. The molecule has 4 aromatic rings. The van der Waals surface area contributed by atoms with E-state index in [-0.39, 0.29) is 18.0 Å². The maximum Gasteiger partial charge on any atom is 0.267 e. The number of nitrogens with zero attached hydrogens (tertiary/aromatic N) is 2. The summed E-state index contributed by atoms with van der Waals surface area (Å²) in [6, 6.07) is 23.9. The van der Waals surface area contributed by atoms with Gasteiger partial charge in [0, 0.05) is 11.6 Å². The molecule has 5 nitrogen and oxygen atoms in total. The molecular weight excluding hydrogens is 374 g/mol. The predicted molar refractivity (Wildman–Crippen MR) is 112 cm³/mol. The number of carbonyl (C=O) groups excluding carboxylic acids is 1. The molecule has 28 heavy (non-hydrogen) atoms. The number of amides is 1. The van der Waals surface area contributed by atoms with Gasteiger partial charge in [0.15, 0.2) is 0 Å². The van der Waals surface area contributed by atoms with Crippen molar-refractivity contribution in [2.45, 2.75) is 6.54 Å². The fourth-order valence-corrected chi connectivity index (χ4v) is 3.23. The van der Waals surface area contributed by atoms with Crippen LogP contribution in [0.5, 0.6) is 0 Å². The molecule has 0 unspecified atom stereocenters. The van der Waals surface area contributed by atoms with Crippen molar-refractivity contribution in [2.75, 3.05) is 5.32 Å². The lowest BCUT2D eigenvalue weighted by Crippen LogP contribution is -2.29. The number of carbonyl (C=O) groups is 1. The van der Waals surface area contributed by atoms with E-state index in [2.05, 4.69) is 10.4 Å². The van der Waals surface area contributed by atoms with Crippen molar-refractivity contribution >= 4 is 34.0 Å². The zero-order chi connectivity index (χ0) is 19.5. The average molecular weight is 390 g/mol. The molecule has 4 rings (SSSR count). The van der Waals surface area contributed by atoms with Gasteiger partial charge in [-0.05, 0) is 29.0 Å². The molecule has 1 heterocycles. The van der Waals surface area contributed by atoms with E-state index >= 15 is 0 Å². The maximum atomic E-state index is 12.4. The molecule has 6 heteroatoms. The molecule has 138 valence electrons. The number of halogens is 1. The highest BCUT2D eigenvalue weighted by molar-refractivity contribution is 6.33. The van der Waals surface area contributed by atoms with Gasteiger partial charge in [0.1, 0.15) is 6.54 Å². The Hall–Kier alpha value is -3.44. The fraction of sp³-hybridized carbons (Fsp3) is 0.0455. The third-order valence-electron chi connectivity index (χ3n) is 4.37. The van der Waals surface area contributed by atoms with Crippen LogP contribution in [-0.4, -0.2) is 15.7 Å². The summed E-state index contributed by atoms with van der Waals surface area (Å²) in [6.07, 6.45) is 0. The molecule has 1 N–H and O–H groups in total. The molecule has 0 aliphatic heterocycles. The molecular formula is C22H16ClN3O2. The van der Waals surface area contributed by atoms with Crippen molar-refractivity contribution in [3.8, 4) is 11.3 Å². The van der Waals surface area contributed by atoms with E-state index in [9.17, 15) is 9.59 Å². The summed E-state index contributed by atoms with van der Waals surface area (Å²) in [4.78, 5) is 24.6. The SMILES string of the molecule is O=C(Cn1nc(-c2cccc3ccccc23)ccc1=O)Nc1ccccc1Cl. The van der Waals surface area contributed by atoms with Crippen LogP contribution in [-0.2, 0) is 11.3 Å². The number of anilines is 1. The molecule has 1 aromatic heterocycles. The van der Waals surface area contributed by atoms with Gasteiger partial charge in [-0.2, -0.15) is 5.10 Å². The van der Waals surface area contributed by atoms with Gasteiger partial charge in [0.05, 0.1) is 16.4 Å². The smallest absolute Gasteiger partial charge is 0.267 e. The number of benzene rings is 3. The van der Waals surface area contributed by atoms with Crippen LogP contribution >= 0.6 is 11.6 Å². The number of fused-ring (bicyclic) bond motifs is 1. The van der Waals surface area contributed by atoms with Crippen molar-refractivity contribution in [1.82, 2.24) is 9.78 Å². The topological polar surface area (TPSA) is 64.0 Å². The minimum absolute atomic E-state index is 0.206. The highest BCUT2D eigenvalue weighted by Crippen LogP contribution is 2.26. The molecule has 0 aliphatic rings. The van der Waals surface area contributed by atoms with Crippen molar-refractivity contribution < 1.29 is 4.79 Å². The number of hydrogen-bond donors (Lipinski definition) is 1. The quantitative estimate of drug-likeness (QED) is 0.564. The summed E-state index contributed by atoms with van der Waals surface area (Å²) in [7, 11) is 0. The first-order valence-electron chi connectivity index (χ1n) is 8.72. The molecule has 0 atom stereocenters. The summed E-state index contributed by atoms with van der Waals surface area (Å²) in [6.45, 7) is -0.206. The lowest BCUT2D eigenvalue weighted by molar-refractivity contribution is -0.117. The van der Waals surface area contributed by atoms with E-state index < -0.39 is 0 Å². The van der Waals surface area contributed by atoms with E-state index in [0.29, 0.717) is 16.4 Å². The van der Waals surface area contributed by atoms with Crippen molar-refractivity contribution in [3.05, 3.63) is 94.2 Å². The van der Waals surface area contributed by atoms with Gasteiger partial charge in [-0.15, -0.1) is 0 Å². The van der Waals surface area contributed by atoms with Crippen LogP contribution in [0.25, 0.3) is 22.0 Å². The Balaban J connectivity index is 1.65. The molecule has 0 saturated carbocycles. The minimum Gasteiger partial charge on any atom is -0.323 e. The van der Waals surface area contributed by atoms with Gasteiger partial charge in [0.2, 0.25) is 5.91 Å². The predicted octanol–water partition coefficient (Wildman–Crippen LogP) is 4.36. The first-order valence-corrected chi connectivity index (χ1v) is 9.10. The largest absolute Gasteiger partial charge is 0.323 e. The third-order valence-corrected chi connectivity index (χ3v) is 4.70. The third kappa shape index (κ3) is 3.66. The zero-order valence-corrected chi connectivity index (χ0v) is 15.6. The number of aromatic nitrogens is 2. The van der Waals surface area contributed by atoms with E-state index in [1.165, 1.54) is 6.07 Å². The lowest BCUT2D eigenvalue weighted by Gasteiger charge is -2.10. The van der Waals surface area contributed by atoms with Crippen molar-refractivity contribution in [3.63, 3.8) is 0 Å². The molecule has 0 saturated heterocycles. The standard InChI is InChI=1S/C22H16ClN3O2/c23-18-10-3-4-11-20(18)24-21(27)14-26-22(28)13-12-19(25-26)17-9-5-7-15-6-1-2-8-16(15)17/h1-13H,14H2,(H,24,27). The summed E-state index contributed by atoms with van der Waals surface area (Å²) >= 11 is 6.06. The Bertz CT molecular complexity index is 1230. The highest BCUT2D eigenvalue weighted by atomic mass is 35.5. The summed E-state index contributed by atoms with van der Waals surface area (Å²) < 4.78 is 1.16. The highest BCUT2D eigenvalue weighted by Gasteiger charge is 2.11. The first-order chi connectivity index (χ1) is 13.6. The first kappa shape index (κ1) is 17.9. The molecule has 3 aromatic carbocycles. The number of hydrogen-bond acceptors (Lipinski definition) is 3. The second-order valence-corrected chi connectivity index (χ2v) is 6.68. The number of rotatable bonds is 4. The van der Waals surface area contributed by atoms with Gasteiger partial charge in [0.25, 0.3) is 5.56 Å². The summed E-state index contributed by atoms with van der Waals surface area (Å²) in [5.41, 5.74) is 1.67. The van der Waals surface area contributed by atoms with Crippen molar-refractivity contribution in [2.24, 2.45) is 0 Å². The van der Waals surface area contributed by atoms with Crippen LogP contribution < -0.4 is 10.9 Å². The fourth-order valence-electron chi connectivity index (χ4n) is 3.04. The van der Waals surface area contributed by atoms with Gasteiger partial charge in [-0.1, -0.05) is 66.2 Å².